The fraction of sp³-hybridized carbons (Fsp3) is 0.333. The summed E-state index contributed by atoms with van der Waals surface area (Å²) < 4.78 is 17.4. The maximum Gasteiger partial charge on any atom is 0.333 e. The molecular weight excluding hydrogens is 294 g/mol. The minimum atomic E-state index is -0.535. The number of pyridine rings is 1. The number of hydrogen-bond donors (Lipinski definition) is 0. The number of carbonyl (C=O) groups is 1. The van der Waals surface area contributed by atoms with Crippen molar-refractivity contribution in [2.45, 2.75) is 6.54 Å². The van der Waals surface area contributed by atoms with Crippen LogP contribution in [0.1, 0.15) is 5.69 Å². The number of hydrogen-bond acceptors (Lipinski definition) is 4. The molecule has 0 aliphatic carbocycles. The van der Waals surface area contributed by atoms with Crippen LogP contribution in [-0.4, -0.2) is 35.7 Å². The highest BCUT2D eigenvalue weighted by Crippen LogP contribution is 2.21. The van der Waals surface area contributed by atoms with E-state index in [1.54, 1.807) is 17.0 Å². The lowest BCUT2D eigenvalue weighted by Gasteiger charge is -2.23. The number of esters is 1. The summed E-state index contributed by atoms with van der Waals surface area (Å²) in [6, 6.07) is 3.34. The van der Waals surface area contributed by atoms with Gasteiger partial charge in [0.2, 0.25) is 0 Å². The van der Waals surface area contributed by atoms with E-state index in [0.29, 0.717) is 23.0 Å². The molecule has 19 heavy (non-hydrogen) atoms. The van der Waals surface area contributed by atoms with E-state index < -0.39 is 12.6 Å². The third-order valence-corrected chi connectivity index (χ3v) is 3.31. The molecule has 0 atom stereocenters. The van der Waals surface area contributed by atoms with Crippen molar-refractivity contribution in [2.24, 2.45) is 0 Å². The van der Waals surface area contributed by atoms with Crippen molar-refractivity contribution in [2.75, 3.05) is 19.8 Å². The molecule has 2 rings (SSSR count). The van der Waals surface area contributed by atoms with E-state index in [1.807, 2.05) is 0 Å². The first-order chi connectivity index (χ1) is 9.10. The zero-order valence-electron chi connectivity index (χ0n) is 9.91. The van der Waals surface area contributed by atoms with Gasteiger partial charge in [-0.25, -0.2) is 14.2 Å². The number of halogens is 3. The second-order valence-corrected chi connectivity index (χ2v) is 4.69. The maximum atomic E-state index is 12.6. The third-order valence-electron chi connectivity index (χ3n) is 2.62. The monoisotopic (exact) mass is 304 g/mol. The van der Waals surface area contributed by atoms with Crippen LogP contribution in [-0.2, 0) is 16.1 Å². The average Bonchev–Trinajstić information content (AvgIpc) is 2.80. The van der Waals surface area contributed by atoms with E-state index in [0.717, 1.165) is 0 Å². The summed E-state index contributed by atoms with van der Waals surface area (Å²) in [4.78, 5) is 16.8. The van der Waals surface area contributed by atoms with Gasteiger partial charge in [0, 0.05) is 12.6 Å². The van der Waals surface area contributed by atoms with Gasteiger partial charge in [-0.3, -0.25) is 0 Å². The lowest BCUT2D eigenvalue weighted by atomic mass is 10.3. The number of rotatable bonds is 5. The van der Waals surface area contributed by atoms with Gasteiger partial charge in [-0.05, 0) is 12.1 Å². The van der Waals surface area contributed by atoms with Crippen molar-refractivity contribution in [1.29, 1.82) is 0 Å². The minimum absolute atomic E-state index is 0.153. The van der Waals surface area contributed by atoms with Crippen LogP contribution in [0.15, 0.2) is 23.9 Å². The standard InChI is InChI=1S/C12H11Cl2FN2O2/c13-10-2-1-8(16-12(10)14)6-17(4-3-15)9-5-11(18)19-7-9/h1-2,5H,3-4,6-7H2. The molecular formula is C12H11Cl2FN2O2. The Morgan fingerprint density at radius 3 is 2.79 bits per heavy atom. The molecule has 0 N–H and O–H groups in total. The van der Waals surface area contributed by atoms with Gasteiger partial charge in [0.05, 0.1) is 23.0 Å². The summed E-state index contributed by atoms with van der Waals surface area (Å²) in [7, 11) is 0. The zero-order chi connectivity index (χ0) is 13.8. The summed E-state index contributed by atoms with van der Waals surface area (Å²) in [5.74, 6) is -0.416. The number of carbonyl (C=O) groups excluding carboxylic acids is 1. The summed E-state index contributed by atoms with van der Waals surface area (Å²) in [5, 5.41) is 0.563. The molecule has 0 radical (unpaired) electrons. The van der Waals surface area contributed by atoms with Crippen LogP contribution < -0.4 is 0 Å². The van der Waals surface area contributed by atoms with Gasteiger partial charge in [0.25, 0.3) is 0 Å². The molecule has 4 nitrogen and oxygen atoms in total. The van der Waals surface area contributed by atoms with Gasteiger partial charge in [0.15, 0.2) is 0 Å². The van der Waals surface area contributed by atoms with E-state index in [2.05, 4.69) is 4.98 Å². The number of ether oxygens (including phenoxy) is 1. The molecule has 0 bridgehead atoms. The average molecular weight is 305 g/mol. The molecule has 1 aromatic heterocycles. The summed E-state index contributed by atoms with van der Waals surface area (Å²) in [6.07, 6.45) is 1.35. The number of aromatic nitrogens is 1. The van der Waals surface area contributed by atoms with Gasteiger partial charge in [-0.2, -0.15) is 0 Å². The molecule has 1 aliphatic heterocycles. The Morgan fingerprint density at radius 2 is 2.21 bits per heavy atom. The van der Waals surface area contributed by atoms with Crippen LogP contribution in [0.3, 0.4) is 0 Å². The molecule has 7 heteroatoms. The Kier molecular flexibility index (Phi) is 4.61. The van der Waals surface area contributed by atoms with Crippen molar-refractivity contribution in [3.63, 3.8) is 0 Å². The number of alkyl halides is 1. The maximum absolute atomic E-state index is 12.6. The first-order valence-electron chi connectivity index (χ1n) is 5.59. The smallest absolute Gasteiger partial charge is 0.333 e. The Labute approximate surface area is 119 Å². The molecule has 0 amide bonds. The van der Waals surface area contributed by atoms with Gasteiger partial charge >= 0.3 is 5.97 Å². The van der Waals surface area contributed by atoms with Crippen LogP contribution in [0, 0.1) is 0 Å². The Bertz CT molecular complexity index is 522. The van der Waals surface area contributed by atoms with Crippen molar-refractivity contribution < 1.29 is 13.9 Å². The Hall–Kier alpha value is -1.33. The van der Waals surface area contributed by atoms with E-state index >= 15 is 0 Å². The van der Waals surface area contributed by atoms with Crippen molar-refractivity contribution >= 4 is 29.2 Å². The van der Waals surface area contributed by atoms with Crippen molar-refractivity contribution in [3.8, 4) is 0 Å². The van der Waals surface area contributed by atoms with E-state index in [9.17, 15) is 9.18 Å². The normalized spacial score (nSPS) is 14.3. The van der Waals surface area contributed by atoms with Crippen molar-refractivity contribution in [1.82, 2.24) is 9.88 Å². The van der Waals surface area contributed by atoms with Crippen LogP contribution >= 0.6 is 23.2 Å². The summed E-state index contributed by atoms with van der Waals surface area (Å²) in [5.41, 5.74) is 1.28. The second kappa shape index (κ2) is 6.21. The molecule has 2 heterocycles. The lowest BCUT2D eigenvalue weighted by molar-refractivity contribution is -0.135. The quantitative estimate of drug-likeness (QED) is 0.619. The fourth-order valence-electron chi connectivity index (χ4n) is 1.71. The van der Waals surface area contributed by atoms with E-state index in [4.69, 9.17) is 27.9 Å². The largest absolute Gasteiger partial charge is 0.456 e. The third kappa shape index (κ3) is 3.58. The van der Waals surface area contributed by atoms with Crippen molar-refractivity contribution in [3.05, 3.63) is 39.8 Å². The molecule has 0 unspecified atom stereocenters. The van der Waals surface area contributed by atoms with E-state index in [-0.39, 0.29) is 18.3 Å². The SMILES string of the molecule is O=C1C=C(N(CCF)Cc2ccc(Cl)c(Cl)n2)CO1. The lowest BCUT2D eigenvalue weighted by Crippen LogP contribution is -2.26. The number of cyclic esters (lactones) is 1. The fourth-order valence-corrected chi connectivity index (χ4v) is 1.99. The van der Waals surface area contributed by atoms with Crippen LogP contribution in [0.4, 0.5) is 4.39 Å². The van der Waals surface area contributed by atoms with Gasteiger partial charge in [-0.1, -0.05) is 23.2 Å². The molecule has 0 aromatic carbocycles. The predicted octanol–water partition coefficient (Wildman–Crippen LogP) is 2.60. The van der Waals surface area contributed by atoms with E-state index in [1.165, 1.54) is 6.08 Å². The highest BCUT2D eigenvalue weighted by Gasteiger charge is 2.19. The summed E-state index contributed by atoms with van der Waals surface area (Å²) in [6.45, 7) is 0.112. The zero-order valence-corrected chi connectivity index (χ0v) is 11.4. The van der Waals surface area contributed by atoms with Crippen LogP contribution in [0.5, 0.6) is 0 Å². The molecule has 0 spiro atoms. The van der Waals surface area contributed by atoms with Crippen LogP contribution in [0.2, 0.25) is 10.2 Å². The topological polar surface area (TPSA) is 42.4 Å². The molecule has 0 saturated heterocycles. The first kappa shape index (κ1) is 14.1. The van der Waals surface area contributed by atoms with Gasteiger partial charge < -0.3 is 9.64 Å². The highest BCUT2D eigenvalue weighted by atomic mass is 35.5. The minimum Gasteiger partial charge on any atom is -0.456 e. The first-order valence-corrected chi connectivity index (χ1v) is 6.35. The number of nitrogens with zero attached hydrogens (tertiary/aromatic N) is 2. The Balaban J connectivity index is 2.14. The van der Waals surface area contributed by atoms with Crippen LogP contribution in [0.25, 0.3) is 0 Å². The summed E-state index contributed by atoms with van der Waals surface area (Å²) >= 11 is 11.6. The molecule has 0 saturated carbocycles. The highest BCUT2D eigenvalue weighted by molar-refractivity contribution is 6.41. The van der Waals surface area contributed by atoms with Gasteiger partial charge in [0.1, 0.15) is 18.4 Å². The predicted molar refractivity (Wildman–Crippen MR) is 69.7 cm³/mol. The van der Waals surface area contributed by atoms with Gasteiger partial charge in [-0.15, -0.1) is 0 Å². The molecule has 1 aromatic rings. The Morgan fingerprint density at radius 1 is 1.42 bits per heavy atom. The molecule has 0 fully saturated rings. The molecule has 1 aliphatic rings. The molecule has 102 valence electrons. The second-order valence-electron chi connectivity index (χ2n) is 3.93.